The number of benzene rings is 2. The number of thioether (sulfide) groups is 1. The maximum atomic E-state index is 12.5. The topological polar surface area (TPSA) is 33.2 Å². The van der Waals surface area contributed by atoms with Gasteiger partial charge in [0.15, 0.2) is 5.13 Å². The molecule has 0 saturated heterocycles. The zero-order valence-electron chi connectivity index (χ0n) is 17.3. The van der Waals surface area contributed by atoms with Crippen molar-refractivity contribution >= 4 is 39.8 Å². The Morgan fingerprint density at radius 1 is 1.00 bits per heavy atom. The van der Waals surface area contributed by atoms with Crippen LogP contribution in [0.4, 0.5) is 10.8 Å². The third-order valence-electron chi connectivity index (χ3n) is 4.62. The number of hydrogen-bond donors (Lipinski definition) is 0. The molecule has 146 valence electrons. The van der Waals surface area contributed by atoms with Gasteiger partial charge in [0, 0.05) is 23.0 Å². The third kappa shape index (κ3) is 4.47. The summed E-state index contributed by atoms with van der Waals surface area (Å²) >= 11 is 3.32. The molecule has 0 aliphatic heterocycles. The van der Waals surface area contributed by atoms with Crippen molar-refractivity contribution in [3.63, 3.8) is 0 Å². The smallest absolute Gasteiger partial charge is 0.230 e. The van der Waals surface area contributed by atoms with E-state index in [0.717, 1.165) is 33.4 Å². The quantitative estimate of drug-likeness (QED) is 0.441. The third-order valence-corrected chi connectivity index (χ3v) is 6.69. The highest BCUT2D eigenvalue weighted by Crippen LogP contribution is 2.36. The van der Waals surface area contributed by atoms with Crippen LogP contribution in [0.5, 0.6) is 0 Å². The van der Waals surface area contributed by atoms with Gasteiger partial charge in [0.2, 0.25) is 5.91 Å². The molecule has 0 atom stereocenters. The van der Waals surface area contributed by atoms with Gasteiger partial charge in [-0.05, 0) is 57.4 Å². The normalized spacial score (nSPS) is 10.9. The summed E-state index contributed by atoms with van der Waals surface area (Å²) in [6.07, 6.45) is 0. The maximum absolute atomic E-state index is 12.5. The van der Waals surface area contributed by atoms with Gasteiger partial charge in [0.1, 0.15) is 0 Å². The number of anilines is 2. The van der Waals surface area contributed by atoms with Crippen LogP contribution < -0.4 is 4.90 Å². The van der Waals surface area contributed by atoms with Crippen molar-refractivity contribution < 1.29 is 4.79 Å². The molecule has 28 heavy (non-hydrogen) atoms. The predicted molar refractivity (Wildman–Crippen MR) is 121 cm³/mol. The van der Waals surface area contributed by atoms with Crippen molar-refractivity contribution in [3.05, 3.63) is 69.2 Å². The molecule has 0 radical (unpaired) electrons. The Morgan fingerprint density at radius 2 is 1.68 bits per heavy atom. The maximum Gasteiger partial charge on any atom is 0.230 e. The zero-order valence-corrected chi connectivity index (χ0v) is 18.9. The summed E-state index contributed by atoms with van der Waals surface area (Å²) in [4.78, 5) is 20.3. The lowest BCUT2D eigenvalue weighted by molar-refractivity contribution is -0.115. The molecule has 1 heterocycles. The molecule has 5 heteroatoms. The molecule has 1 amide bonds. The van der Waals surface area contributed by atoms with Crippen LogP contribution in [0.2, 0.25) is 0 Å². The van der Waals surface area contributed by atoms with E-state index in [2.05, 4.69) is 70.3 Å². The summed E-state index contributed by atoms with van der Waals surface area (Å²) in [6, 6.07) is 10.7. The first-order valence-electron chi connectivity index (χ1n) is 9.29. The van der Waals surface area contributed by atoms with Gasteiger partial charge in [0.05, 0.1) is 11.4 Å². The number of amides is 1. The van der Waals surface area contributed by atoms with Crippen molar-refractivity contribution in [2.45, 2.75) is 52.2 Å². The first-order valence-corrected chi connectivity index (χ1v) is 11.2. The van der Waals surface area contributed by atoms with E-state index < -0.39 is 0 Å². The SMILES string of the molecule is CC(=O)N(c1nc(CSc2cc(C)ccc2C)cs1)c1c(C)cc(C)cc1C. The molecule has 0 N–H and O–H groups in total. The molecule has 3 rings (SSSR count). The van der Waals surface area contributed by atoms with Crippen molar-refractivity contribution in [3.8, 4) is 0 Å². The van der Waals surface area contributed by atoms with Crippen molar-refractivity contribution in [2.24, 2.45) is 0 Å². The lowest BCUT2D eigenvalue weighted by Crippen LogP contribution is -2.24. The van der Waals surface area contributed by atoms with E-state index in [-0.39, 0.29) is 5.91 Å². The minimum Gasteiger partial charge on any atom is -0.274 e. The van der Waals surface area contributed by atoms with Crippen LogP contribution in [0, 0.1) is 34.6 Å². The molecule has 3 nitrogen and oxygen atoms in total. The average molecular weight is 411 g/mol. The van der Waals surface area contributed by atoms with Gasteiger partial charge in [-0.3, -0.25) is 9.69 Å². The molecular weight excluding hydrogens is 384 g/mol. The van der Waals surface area contributed by atoms with Gasteiger partial charge >= 0.3 is 0 Å². The minimum atomic E-state index is -0.0156. The highest BCUT2D eigenvalue weighted by atomic mass is 32.2. The van der Waals surface area contributed by atoms with Gasteiger partial charge in [-0.2, -0.15) is 0 Å². The molecule has 0 fully saturated rings. The van der Waals surface area contributed by atoms with E-state index in [1.54, 1.807) is 23.6 Å². The second-order valence-electron chi connectivity index (χ2n) is 7.28. The number of hydrogen-bond acceptors (Lipinski definition) is 4. The summed E-state index contributed by atoms with van der Waals surface area (Å²) in [5.41, 5.74) is 7.87. The lowest BCUT2D eigenvalue weighted by atomic mass is 10.0. The average Bonchev–Trinajstić information content (AvgIpc) is 3.06. The van der Waals surface area contributed by atoms with E-state index in [9.17, 15) is 4.79 Å². The Bertz CT molecular complexity index is 1000. The Labute approximate surface area is 175 Å². The second kappa shape index (κ2) is 8.50. The number of rotatable bonds is 5. The van der Waals surface area contributed by atoms with Gasteiger partial charge in [-0.1, -0.05) is 35.4 Å². The summed E-state index contributed by atoms with van der Waals surface area (Å²) in [5, 5.41) is 2.79. The first kappa shape index (κ1) is 20.6. The highest BCUT2D eigenvalue weighted by molar-refractivity contribution is 7.98. The zero-order chi connectivity index (χ0) is 20.4. The Morgan fingerprint density at radius 3 is 2.32 bits per heavy atom. The molecule has 1 aromatic heterocycles. The second-order valence-corrected chi connectivity index (χ2v) is 9.13. The predicted octanol–water partition coefficient (Wildman–Crippen LogP) is 6.66. The molecule has 0 aliphatic rings. The van der Waals surface area contributed by atoms with Crippen LogP contribution in [0.1, 0.15) is 40.4 Å². The number of carbonyl (C=O) groups excluding carboxylic acids is 1. The number of aromatic nitrogens is 1. The largest absolute Gasteiger partial charge is 0.274 e. The van der Waals surface area contributed by atoms with Gasteiger partial charge in [0.25, 0.3) is 0 Å². The minimum absolute atomic E-state index is 0.0156. The lowest BCUT2D eigenvalue weighted by Gasteiger charge is -2.23. The molecule has 0 aliphatic carbocycles. The standard InChI is InChI=1S/C23H26N2OS2/c1-14-7-8-16(3)21(11-14)27-12-20-13-28-23(24-20)25(19(6)26)22-17(4)9-15(2)10-18(22)5/h7-11,13H,12H2,1-6H3. The van der Waals surface area contributed by atoms with Gasteiger partial charge in [-0.25, -0.2) is 4.98 Å². The van der Waals surface area contributed by atoms with Crippen molar-refractivity contribution in [1.29, 1.82) is 0 Å². The molecule has 0 bridgehead atoms. The number of thiazole rings is 1. The van der Waals surface area contributed by atoms with E-state index in [1.165, 1.54) is 32.9 Å². The molecule has 2 aromatic carbocycles. The Kier molecular flexibility index (Phi) is 6.26. The van der Waals surface area contributed by atoms with Crippen molar-refractivity contribution in [1.82, 2.24) is 4.98 Å². The van der Waals surface area contributed by atoms with Crippen molar-refractivity contribution in [2.75, 3.05) is 4.90 Å². The Hall–Kier alpha value is -2.11. The molecule has 0 spiro atoms. The molecule has 0 unspecified atom stereocenters. The molecular formula is C23H26N2OS2. The van der Waals surface area contributed by atoms with Crippen LogP contribution in [-0.2, 0) is 10.5 Å². The van der Waals surface area contributed by atoms with Gasteiger partial charge in [-0.15, -0.1) is 23.1 Å². The monoisotopic (exact) mass is 410 g/mol. The summed E-state index contributed by atoms with van der Waals surface area (Å²) < 4.78 is 0. The number of nitrogens with zero attached hydrogens (tertiary/aromatic N) is 2. The molecule has 3 aromatic rings. The highest BCUT2D eigenvalue weighted by Gasteiger charge is 2.21. The first-order chi connectivity index (χ1) is 13.3. The van der Waals surface area contributed by atoms with Crippen LogP contribution >= 0.6 is 23.1 Å². The fourth-order valence-electron chi connectivity index (χ4n) is 3.39. The van der Waals surface area contributed by atoms with Crippen LogP contribution in [0.3, 0.4) is 0 Å². The van der Waals surface area contributed by atoms with E-state index in [4.69, 9.17) is 4.98 Å². The number of aryl methyl sites for hydroxylation is 5. The van der Waals surface area contributed by atoms with Crippen LogP contribution in [-0.4, -0.2) is 10.9 Å². The van der Waals surface area contributed by atoms with Crippen LogP contribution in [0.25, 0.3) is 0 Å². The van der Waals surface area contributed by atoms with E-state index >= 15 is 0 Å². The van der Waals surface area contributed by atoms with Gasteiger partial charge < -0.3 is 0 Å². The summed E-state index contributed by atoms with van der Waals surface area (Å²) in [6.45, 7) is 12.0. The van der Waals surface area contributed by atoms with E-state index in [1.807, 2.05) is 0 Å². The molecule has 0 saturated carbocycles. The summed E-state index contributed by atoms with van der Waals surface area (Å²) in [7, 11) is 0. The number of carbonyl (C=O) groups is 1. The fourth-order valence-corrected chi connectivity index (χ4v) is 5.39. The Balaban J connectivity index is 1.86. The summed E-state index contributed by atoms with van der Waals surface area (Å²) in [5.74, 6) is 0.774. The fraction of sp³-hybridized carbons (Fsp3) is 0.304. The van der Waals surface area contributed by atoms with Crippen LogP contribution in [0.15, 0.2) is 40.6 Å². The van der Waals surface area contributed by atoms with E-state index in [0.29, 0.717) is 0 Å².